The summed E-state index contributed by atoms with van der Waals surface area (Å²) in [6.45, 7) is 7.40. The van der Waals surface area contributed by atoms with Gasteiger partial charge in [-0.15, -0.1) is 0 Å². The van der Waals surface area contributed by atoms with Crippen LogP contribution in [-0.2, 0) is 10.0 Å². The molecule has 0 aromatic heterocycles. The SMILES string of the molecule is Cc1c(Cl)cccc1S(=O)(=O)NC(CCO)C(C)(C)C. The molecule has 1 aromatic rings. The summed E-state index contributed by atoms with van der Waals surface area (Å²) in [4.78, 5) is 0.178. The standard InChI is InChI=1S/C14H22ClNO3S/c1-10-11(15)6-5-7-12(10)20(18,19)16-13(8-9-17)14(2,3)4/h5-7,13,16-17H,8-9H2,1-4H3. The summed E-state index contributed by atoms with van der Waals surface area (Å²) < 4.78 is 27.6. The molecule has 0 heterocycles. The van der Waals surface area contributed by atoms with E-state index < -0.39 is 10.0 Å². The Balaban J connectivity index is 3.14. The normalized spacial score (nSPS) is 14.3. The zero-order valence-electron chi connectivity index (χ0n) is 12.3. The summed E-state index contributed by atoms with van der Waals surface area (Å²) in [5, 5.41) is 9.53. The second-order valence-electron chi connectivity index (χ2n) is 5.92. The molecule has 0 aliphatic carbocycles. The molecule has 0 aliphatic heterocycles. The third-order valence-corrected chi connectivity index (χ3v) is 5.29. The van der Waals surface area contributed by atoms with E-state index in [1.165, 1.54) is 6.07 Å². The van der Waals surface area contributed by atoms with Crippen molar-refractivity contribution >= 4 is 21.6 Å². The van der Waals surface area contributed by atoms with Crippen LogP contribution in [0.3, 0.4) is 0 Å². The second-order valence-corrected chi connectivity index (χ2v) is 8.00. The van der Waals surface area contributed by atoms with Gasteiger partial charge in [-0.3, -0.25) is 0 Å². The van der Waals surface area contributed by atoms with Gasteiger partial charge in [-0.2, -0.15) is 0 Å². The van der Waals surface area contributed by atoms with E-state index in [0.29, 0.717) is 17.0 Å². The van der Waals surface area contributed by atoms with Gasteiger partial charge in [0, 0.05) is 17.7 Å². The quantitative estimate of drug-likeness (QED) is 0.877. The number of aliphatic hydroxyl groups is 1. The van der Waals surface area contributed by atoms with Gasteiger partial charge in [0.15, 0.2) is 0 Å². The molecule has 20 heavy (non-hydrogen) atoms. The van der Waals surface area contributed by atoms with Gasteiger partial charge in [0.05, 0.1) is 4.90 Å². The average Bonchev–Trinajstić information content (AvgIpc) is 2.30. The summed E-state index contributed by atoms with van der Waals surface area (Å²) >= 11 is 5.98. The molecule has 1 rings (SSSR count). The van der Waals surface area contributed by atoms with Gasteiger partial charge in [-0.05, 0) is 36.5 Å². The number of hydrogen-bond acceptors (Lipinski definition) is 3. The highest BCUT2D eigenvalue weighted by Crippen LogP contribution is 2.26. The summed E-state index contributed by atoms with van der Waals surface area (Å²) in [6.07, 6.45) is 0.363. The fourth-order valence-corrected chi connectivity index (χ4v) is 3.90. The lowest BCUT2D eigenvalue weighted by Gasteiger charge is -2.31. The van der Waals surface area contributed by atoms with E-state index in [2.05, 4.69) is 4.72 Å². The maximum atomic E-state index is 12.5. The van der Waals surface area contributed by atoms with E-state index in [4.69, 9.17) is 16.7 Å². The molecule has 0 bridgehead atoms. The minimum Gasteiger partial charge on any atom is -0.396 e. The Bertz CT molecular complexity index is 564. The lowest BCUT2D eigenvalue weighted by atomic mass is 9.86. The molecule has 114 valence electrons. The Morgan fingerprint density at radius 2 is 1.95 bits per heavy atom. The van der Waals surface area contributed by atoms with E-state index in [1.807, 2.05) is 20.8 Å². The van der Waals surface area contributed by atoms with Crippen LogP contribution in [0.5, 0.6) is 0 Å². The molecular formula is C14H22ClNO3S. The van der Waals surface area contributed by atoms with Crippen molar-refractivity contribution in [3.63, 3.8) is 0 Å². The van der Waals surface area contributed by atoms with Crippen molar-refractivity contribution in [3.05, 3.63) is 28.8 Å². The first kappa shape index (κ1) is 17.4. The molecule has 0 radical (unpaired) electrons. The van der Waals surface area contributed by atoms with Crippen LogP contribution in [0.25, 0.3) is 0 Å². The molecule has 0 saturated carbocycles. The van der Waals surface area contributed by atoms with Crippen molar-refractivity contribution in [1.82, 2.24) is 4.72 Å². The number of hydrogen-bond donors (Lipinski definition) is 2. The van der Waals surface area contributed by atoms with E-state index in [9.17, 15) is 8.42 Å². The van der Waals surface area contributed by atoms with Crippen molar-refractivity contribution in [2.24, 2.45) is 5.41 Å². The van der Waals surface area contributed by atoms with Crippen molar-refractivity contribution in [1.29, 1.82) is 0 Å². The van der Waals surface area contributed by atoms with E-state index in [0.717, 1.165) is 0 Å². The van der Waals surface area contributed by atoms with Crippen molar-refractivity contribution < 1.29 is 13.5 Å². The van der Waals surface area contributed by atoms with E-state index in [-0.39, 0.29) is 23.0 Å². The Morgan fingerprint density at radius 3 is 2.45 bits per heavy atom. The molecule has 4 nitrogen and oxygen atoms in total. The number of sulfonamides is 1. The van der Waals surface area contributed by atoms with Crippen LogP contribution in [0.1, 0.15) is 32.8 Å². The minimum atomic E-state index is -3.66. The lowest BCUT2D eigenvalue weighted by molar-refractivity contribution is 0.214. The molecule has 1 aromatic carbocycles. The van der Waals surface area contributed by atoms with Gasteiger partial charge in [0.2, 0.25) is 10.0 Å². The first-order valence-corrected chi connectivity index (χ1v) is 8.34. The Hall–Kier alpha value is -0.620. The number of benzene rings is 1. The largest absolute Gasteiger partial charge is 0.396 e. The van der Waals surface area contributed by atoms with Gasteiger partial charge in [-0.25, -0.2) is 13.1 Å². The molecule has 0 spiro atoms. The summed E-state index contributed by atoms with van der Waals surface area (Å²) in [6, 6.07) is 4.45. The lowest BCUT2D eigenvalue weighted by Crippen LogP contribution is -2.44. The zero-order chi connectivity index (χ0) is 15.6. The van der Waals surface area contributed by atoms with Crippen molar-refractivity contribution in [2.75, 3.05) is 6.61 Å². The minimum absolute atomic E-state index is 0.0705. The highest BCUT2D eigenvalue weighted by Gasteiger charge is 2.30. The highest BCUT2D eigenvalue weighted by molar-refractivity contribution is 7.89. The summed E-state index contributed by atoms with van der Waals surface area (Å²) in [5.41, 5.74) is 0.237. The van der Waals surface area contributed by atoms with E-state index in [1.54, 1.807) is 19.1 Å². The predicted octanol–water partition coefficient (Wildman–Crippen LogP) is 2.72. The van der Waals surface area contributed by atoms with Crippen molar-refractivity contribution in [3.8, 4) is 0 Å². The zero-order valence-corrected chi connectivity index (χ0v) is 13.8. The smallest absolute Gasteiger partial charge is 0.241 e. The van der Waals surface area contributed by atoms with Gasteiger partial charge in [0.1, 0.15) is 0 Å². The monoisotopic (exact) mass is 319 g/mol. The van der Waals surface area contributed by atoms with Crippen LogP contribution in [0.4, 0.5) is 0 Å². The Kier molecular flexibility index (Phi) is 5.61. The van der Waals surface area contributed by atoms with Crippen LogP contribution in [0.2, 0.25) is 5.02 Å². The maximum absolute atomic E-state index is 12.5. The van der Waals surface area contributed by atoms with Gasteiger partial charge >= 0.3 is 0 Å². The molecule has 1 unspecified atom stereocenters. The molecule has 0 aliphatic rings. The van der Waals surface area contributed by atoms with Crippen LogP contribution in [0.15, 0.2) is 23.1 Å². The summed E-state index contributed by atoms with van der Waals surface area (Å²) in [5.74, 6) is 0. The Morgan fingerprint density at radius 1 is 1.35 bits per heavy atom. The fourth-order valence-electron chi connectivity index (χ4n) is 1.93. The fraction of sp³-hybridized carbons (Fsp3) is 0.571. The van der Waals surface area contributed by atoms with E-state index >= 15 is 0 Å². The third-order valence-electron chi connectivity index (χ3n) is 3.27. The van der Waals surface area contributed by atoms with Crippen LogP contribution < -0.4 is 4.72 Å². The molecular weight excluding hydrogens is 298 g/mol. The Labute approximate surface area is 126 Å². The molecule has 2 N–H and O–H groups in total. The predicted molar refractivity (Wildman–Crippen MR) is 81.5 cm³/mol. The average molecular weight is 320 g/mol. The van der Waals surface area contributed by atoms with Crippen LogP contribution in [-0.4, -0.2) is 26.2 Å². The molecule has 0 saturated heterocycles. The molecule has 6 heteroatoms. The van der Waals surface area contributed by atoms with Crippen LogP contribution >= 0.6 is 11.6 Å². The van der Waals surface area contributed by atoms with Crippen LogP contribution in [0, 0.1) is 12.3 Å². The maximum Gasteiger partial charge on any atom is 0.241 e. The third kappa shape index (κ3) is 4.19. The van der Waals surface area contributed by atoms with Gasteiger partial charge in [0.25, 0.3) is 0 Å². The number of rotatable bonds is 5. The molecule has 1 atom stereocenters. The van der Waals surface area contributed by atoms with Gasteiger partial charge in [-0.1, -0.05) is 38.4 Å². The highest BCUT2D eigenvalue weighted by atomic mass is 35.5. The first-order chi connectivity index (χ1) is 9.09. The van der Waals surface area contributed by atoms with Gasteiger partial charge < -0.3 is 5.11 Å². The number of halogens is 1. The number of nitrogens with one attached hydrogen (secondary N) is 1. The topological polar surface area (TPSA) is 66.4 Å². The van der Waals surface area contributed by atoms with Crippen molar-refractivity contribution in [2.45, 2.75) is 45.1 Å². The molecule has 0 fully saturated rings. The number of aliphatic hydroxyl groups excluding tert-OH is 1. The first-order valence-electron chi connectivity index (χ1n) is 6.48. The molecule has 0 amide bonds. The summed E-state index contributed by atoms with van der Waals surface area (Å²) in [7, 11) is -3.66. The second kappa shape index (κ2) is 6.43.